The molecule has 1 N–H and O–H groups in total. The van der Waals surface area contributed by atoms with E-state index in [0.29, 0.717) is 13.1 Å². The average molecular weight is 319 g/mol. The third-order valence-electron chi connectivity index (χ3n) is 3.26. The lowest BCUT2D eigenvalue weighted by Crippen LogP contribution is -2.41. The average Bonchev–Trinajstić information content (AvgIpc) is 2.82. The quantitative estimate of drug-likeness (QED) is 0.910. The zero-order valence-corrected chi connectivity index (χ0v) is 13.0. The molecule has 0 aromatic carbocycles. The first-order valence-electron chi connectivity index (χ1n) is 6.31. The molecule has 1 aromatic rings. The fourth-order valence-corrected chi connectivity index (χ4v) is 5.16. The van der Waals surface area contributed by atoms with Gasteiger partial charge in [-0.25, -0.2) is 13.2 Å². The number of aryl methyl sites for hydroxylation is 1. The number of thioether (sulfide) groups is 1. The lowest BCUT2D eigenvalue weighted by Gasteiger charge is -2.30. The van der Waals surface area contributed by atoms with Crippen molar-refractivity contribution in [3.63, 3.8) is 0 Å². The third kappa shape index (κ3) is 2.87. The number of hydrogen-bond donors (Lipinski definition) is 1. The van der Waals surface area contributed by atoms with Crippen molar-refractivity contribution in [3.05, 3.63) is 17.6 Å². The van der Waals surface area contributed by atoms with Crippen molar-refractivity contribution in [1.29, 1.82) is 0 Å². The summed E-state index contributed by atoms with van der Waals surface area (Å²) >= 11 is 1.77. The Bertz CT molecular complexity index is 607. The van der Waals surface area contributed by atoms with Crippen LogP contribution in [-0.4, -0.2) is 47.9 Å². The minimum Gasteiger partial charge on any atom is -0.475 e. The van der Waals surface area contributed by atoms with Gasteiger partial charge in [-0.2, -0.15) is 16.1 Å². The van der Waals surface area contributed by atoms with Crippen LogP contribution in [0.2, 0.25) is 0 Å². The Hall–Kier alpha value is -0.990. The molecule has 1 atom stereocenters. The van der Waals surface area contributed by atoms with Crippen molar-refractivity contribution >= 4 is 27.8 Å². The van der Waals surface area contributed by atoms with Crippen LogP contribution >= 0.6 is 11.8 Å². The maximum absolute atomic E-state index is 12.6. The molecule has 0 bridgehead atoms. The predicted molar refractivity (Wildman–Crippen MR) is 75.7 cm³/mol. The molecule has 1 aromatic heterocycles. The molecule has 2 rings (SSSR count). The second kappa shape index (κ2) is 5.79. The molecule has 20 heavy (non-hydrogen) atoms. The summed E-state index contributed by atoms with van der Waals surface area (Å²) in [6.07, 6.45) is 0.904. The first-order chi connectivity index (χ1) is 9.36. The number of aromatic carboxylic acids is 1. The zero-order chi connectivity index (χ0) is 14.9. The van der Waals surface area contributed by atoms with Crippen molar-refractivity contribution < 1.29 is 22.7 Å². The number of hydrogen-bond acceptors (Lipinski definition) is 5. The van der Waals surface area contributed by atoms with E-state index in [1.807, 2.05) is 6.92 Å². The Kier molecular flexibility index (Phi) is 4.46. The molecule has 8 heteroatoms. The van der Waals surface area contributed by atoms with Gasteiger partial charge in [-0.3, -0.25) is 0 Å². The van der Waals surface area contributed by atoms with E-state index >= 15 is 0 Å². The maximum atomic E-state index is 12.6. The highest BCUT2D eigenvalue weighted by Gasteiger charge is 2.33. The Morgan fingerprint density at radius 1 is 1.60 bits per heavy atom. The molecule has 0 saturated carbocycles. The summed E-state index contributed by atoms with van der Waals surface area (Å²) in [5.41, 5.74) is 0. The summed E-state index contributed by atoms with van der Waals surface area (Å²) in [4.78, 5) is 10.8. The minimum atomic E-state index is -3.69. The van der Waals surface area contributed by atoms with Crippen LogP contribution in [0.3, 0.4) is 0 Å². The van der Waals surface area contributed by atoms with Gasteiger partial charge in [0.1, 0.15) is 10.7 Å². The van der Waals surface area contributed by atoms with E-state index in [1.54, 1.807) is 11.8 Å². The van der Waals surface area contributed by atoms with Gasteiger partial charge in [0.05, 0.1) is 0 Å². The SMILES string of the molecule is CCC1CN(S(=O)(=O)c2cc(C(=O)O)oc2C)CCS1. The fraction of sp³-hybridized carbons (Fsp3) is 0.583. The normalized spacial score (nSPS) is 21.0. The molecule has 112 valence electrons. The molecular weight excluding hydrogens is 302 g/mol. The number of furan rings is 1. The summed E-state index contributed by atoms with van der Waals surface area (Å²) in [7, 11) is -3.69. The molecular formula is C12H17NO5S2. The van der Waals surface area contributed by atoms with Gasteiger partial charge < -0.3 is 9.52 Å². The summed E-state index contributed by atoms with van der Waals surface area (Å²) in [5.74, 6) is -0.746. The lowest BCUT2D eigenvalue weighted by atomic mass is 10.3. The number of rotatable bonds is 4. The van der Waals surface area contributed by atoms with Crippen LogP contribution < -0.4 is 0 Å². The van der Waals surface area contributed by atoms with E-state index in [0.717, 1.165) is 18.2 Å². The zero-order valence-electron chi connectivity index (χ0n) is 11.3. The van der Waals surface area contributed by atoms with Crippen molar-refractivity contribution in [2.75, 3.05) is 18.8 Å². The summed E-state index contributed by atoms with van der Waals surface area (Å²) in [5, 5.41) is 9.16. The van der Waals surface area contributed by atoms with Crippen LogP contribution in [0.5, 0.6) is 0 Å². The van der Waals surface area contributed by atoms with E-state index in [2.05, 4.69) is 0 Å². The molecule has 0 aliphatic carbocycles. The van der Waals surface area contributed by atoms with Crippen LogP contribution in [0.15, 0.2) is 15.4 Å². The highest BCUT2D eigenvalue weighted by atomic mass is 32.2. The van der Waals surface area contributed by atoms with Crippen LogP contribution in [-0.2, 0) is 10.0 Å². The Morgan fingerprint density at radius 3 is 2.85 bits per heavy atom. The molecule has 1 fully saturated rings. The first-order valence-corrected chi connectivity index (χ1v) is 8.80. The van der Waals surface area contributed by atoms with Crippen LogP contribution in [0.4, 0.5) is 0 Å². The molecule has 6 nitrogen and oxygen atoms in total. The highest BCUT2D eigenvalue weighted by molar-refractivity contribution is 8.00. The van der Waals surface area contributed by atoms with E-state index < -0.39 is 16.0 Å². The standard InChI is InChI=1S/C12H17NO5S2/c1-3-9-7-13(4-5-19-9)20(16,17)11-6-10(12(14)15)18-8(11)2/h6,9H,3-5,7H2,1-2H3,(H,14,15). The van der Waals surface area contributed by atoms with Gasteiger partial charge >= 0.3 is 5.97 Å². The van der Waals surface area contributed by atoms with Crippen LogP contribution in [0.25, 0.3) is 0 Å². The van der Waals surface area contributed by atoms with Crippen LogP contribution in [0.1, 0.15) is 29.7 Å². The van der Waals surface area contributed by atoms with Crippen molar-refractivity contribution in [1.82, 2.24) is 4.31 Å². The topological polar surface area (TPSA) is 87.8 Å². The van der Waals surface area contributed by atoms with Gasteiger partial charge in [-0.05, 0) is 13.3 Å². The Morgan fingerprint density at radius 2 is 2.30 bits per heavy atom. The highest BCUT2D eigenvalue weighted by Crippen LogP contribution is 2.29. The van der Waals surface area contributed by atoms with Gasteiger partial charge in [-0.1, -0.05) is 6.92 Å². The van der Waals surface area contributed by atoms with Crippen molar-refractivity contribution in [2.24, 2.45) is 0 Å². The number of carboxylic acid groups (broad SMARTS) is 1. The van der Waals surface area contributed by atoms with Gasteiger partial charge in [0.15, 0.2) is 0 Å². The molecule has 0 spiro atoms. The molecule has 1 aliphatic heterocycles. The lowest BCUT2D eigenvalue weighted by molar-refractivity contribution is 0.0661. The Balaban J connectivity index is 2.32. The van der Waals surface area contributed by atoms with Crippen LogP contribution in [0, 0.1) is 6.92 Å². The monoisotopic (exact) mass is 319 g/mol. The third-order valence-corrected chi connectivity index (χ3v) is 6.60. The van der Waals surface area contributed by atoms with Gasteiger partial charge in [0, 0.05) is 30.2 Å². The van der Waals surface area contributed by atoms with Gasteiger partial charge in [0.2, 0.25) is 15.8 Å². The molecule has 1 saturated heterocycles. The van der Waals surface area contributed by atoms with E-state index in [1.165, 1.54) is 11.2 Å². The largest absolute Gasteiger partial charge is 0.475 e. The molecule has 1 aliphatic rings. The second-order valence-electron chi connectivity index (χ2n) is 4.60. The second-order valence-corrected chi connectivity index (χ2v) is 7.91. The summed E-state index contributed by atoms with van der Waals surface area (Å²) in [6.45, 7) is 4.39. The van der Waals surface area contributed by atoms with Gasteiger partial charge in [-0.15, -0.1) is 0 Å². The summed E-state index contributed by atoms with van der Waals surface area (Å²) in [6, 6.07) is 1.09. The van der Waals surface area contributed by atoms with Crippen molar-refractivity contribution in [3.8, 4) is 0 Å². The molecule has 1 unspecified atom stereocenters. The van der Waals surface area contributed by atoms with Gasteiger partial charge in [0.25, 0.3) is 0 Å². The number of nitrogens with zero attached hydrogens (tertiary/aromatic N) is 1. The van der Waals surface area contributed by atoms with E-state index in [9.17, 15) is 13.2 Å². The predicted octanol–water partition coefficient (Wildman–Crippen LogP) is 1.80. The molecule has 0 amide bonds. The smallest absolute Gasteiger partial charge is 0.371 e. The number of sulfonamides is 1. The summed E-state index contributed by atoms with van der Waals surface area (Å²) < 4.78 is 31.6. The molecule has 2 heterocycles. The molecule has 0 radical (unpaired) electrons. The maximum Gasteiger partial charge on any atom is 0.371 e. The van der Waals surface area contributed by atoms with E-state index in [-0.39, 0.29) is 21.7 Å². The number of carboxylic acids is 1. The Labute approximate surface area is 122 Å². The first kappa shape index (κ1) is 15.4. The van der Waals surface area contributed by atoms with E-state index in [4.69, 9.17) is 9.52 Å². The minimum absolute atomic E-state index is 0.0448. The number of carbonyl (C=O) groups is 1. The fourth-order valence-electron chi connectivity index (χ4n) is 2.12. The van der Waals surface area contributed by atoms with Crippen molar-refractivity contribution in [2.45, 2.75) is 30.4 Å².